The Morgan fingerprint density at radius 1 is 1.21 bits per heavy atom. The maximum atomic E-state index is 13.1. The standard InChI is InChI=1S/C13H16F3N3O5/c1-4-6-17(5-2)10-9(18(20)21)7-8(13(14,15)16)12(24-3)11(10)19(22)23/h7H,4-6H2,1-3H3. The molecule has 1 rings (SSSR count). The first-order valence-corrected chi connectivity index (χ1v) is 6.95. The first-order chi connectivity index (χ1) is 11.1. The van der Waals surface area contributed by atoms with Gasteiger partial charge in [-0.15, -0.1) is 0 Å². The van der Waals surface area contributed by atoms with Crippen molar-refractivity contribution in [2.45, 2.75) is 26.4 Å². The molecule has 0 atom stereocenters. The third-order valence-electron chi connectivity index (χ3n) is 3.29. The van der Waals surface area contributed by atoms with Gasteiger partial charge in [-0.05, 0) is 13.3 Å². The first-order valence-electron chi connectivity index (χ1n) is 6.95. The Kier molecular flexibility index (Phi) is 5.93. The van der Waals surface area contributed by atoms with Crippen molar-refractivity contribution in [3.63, 3.8) is 0 Å². The van der Waals surface area contributed by atoms with Gasteiger partial charge in [-0.25, -0.2) is 0 Å². The highest BCUT2D eigenvalue weighted by atomic mass is 19.4. The molecule has 0 saturated carbocycles. The van der Waals surface area contributed by atoms with E-state index in [9.17, 15) is 33.4 Å². The Morgan fingerprint density at radius 3 is 2.12 bits per heavy atom. The lowest BCUT2D eigenvalue weighted by molar-refractivity contribution is -0.393. The van der Waals surface area contributed by atoms with Gasteiger partial charge < -0.3 is 9.64 Å². The smallest absolute Gasteiger partial charge is 0.420 e. The SMILES string of the molecule is CCCN(CC)c1c([N+](=O)[O-])cc(C(F)(F)F)c(OC)c1[N+](=O)[O-]. The molecule has 0 fully saturated rings. The summed E-state index contributed by atoms with van der Waals surface area (Å²) in [6, 6.07) is 0.277. The lowest BCUT2D eigenvalue weighted by atomic mass is 10.1. The number of benzene rings is 1. The van der Waals surface area contributed by atoms with E-state index in [0.29, 0.717) is 6.42 Å². The fourth-order valence-corrected chi connectivity index (χ4v) is 2.36. The molecule has 0 N–H and O–H groups in total. The second kappa shape index (κ2) is 7.32. The average Bonchev–Trinajstić information content (AvgIpc) is 2.49. The topological polar surface area (TPSA) is 98.8 Å². The van der Waals surface area contributed by atoms with Crippen molar-refractivity contribution in [1.82, 2.24) is 0 Å². The van der Waals surface area contributed by atoms with Crippen molar-refractivity contribution >= 4 is 17.1 Å². The second-order valence-corrected chi connectivity index (χ2v) is 4.77. The molecule has 1 aromatic rings. The van der Waals surface area contributed by atoms with E-state index in [1.807, 2.05) is 0 Å². The largest absolute Gasteiger partial charge is 0.490 e. The van der Waals surface area contributed by atoms with Crippen LogP contribution in [0.4, 0.5) is 30.2 Å². The molecule has 0 aromatic heterocycles. The summed E-state index contributed by atoms with van der Waals surface area (Å²) in [6.07, 6.45) is -4.55. The number of hydrogen-bond donors (Lipinski definition) is 0. The number of anilines is 1. The number of alkyl halides is 3. The number of halogens is 3. The molecular formula is C13H16F3N3O5. The molecule has 0 unspecified atom stereocenters. The molecule has 0 aliphatic carbocycles. The van der Waals surface area contributed by atoms with E-state index in [0.717, 1.165) is 7.11 Å². The zero-order valence-corrected chi connectivity index (χ0v) is 13.2. The molecule has 0 heterocycles. The quantitative estimate of drug-likeness (QED) is 0.548. The third-order valence-corrected chi connectivity index (χ3v) is 3.29. The van der Waals surface area contributed by atoms with Crippen LogP contribution in [0.15, 0.2) is 6.07 Å². The minimum absolute atomic E-state index is 0.143. The number of nitrogens with zero attached hydrogens (tertiary/aromatic N) is 3. The summed E-state index contributed by atoms with van der Waals surface area (Å²) in [5, 5.41) is 22.6. The van der Waals surface area contributed by atoms with Gasteiger partial charge in [-0.3, -0.25) is 20.2 Å². The van der Waals surface area contributed by atoms with E-state index in [-0.39, 0.29) is 19.2 Å². The Bertz CT molecular complexity index is 649. The van der Waals surface area contributed by atoms with Crippen molar-refractivity contribution < 1.29 is 27.8 Å². The predicted octanol–water partition coefficient (Wildman–Crippen LogP) is 3.77. The van der Waals surface area contributed by atoms with Crippen molar-refractivity contribution in [3.05, 3.63) is 31.9 Å². The molecule has 0 aliphatic heterocycles. The molecule has 8 nitrogen and oxygen atoms in total. The van der Waals surface area contributed by atoms with Gasteiger partial charge in [0.1, 0.15) is 5.56 Å². The number of methoxy groups -OCH3 is 1. The Morgan fingerprint density at radius 2 is 1.79 bits per heavy atom. The molecule has 24 heavy (non-hydrogen) atoms. The summed E-state index contributed by atoms with van der Waals surface area (Å²) in [4.78, 5) is 21.8. The highest BCUT2D eigenvalue weighted by molar-refractivity contribution is 5.81. The molecule has 0 aliphatic rings. The lowest BCUT2D eigenvalue weighted by Gasteiger charge is -2.23. The Balaban J connectivity index is 3.97. The van der Waals surface area contributed by atoms with Crippen LogP contribution in [0.3, 0.4) is 0 Å². The summed E-state index contributed by atoms with van der Waals surface area (Å²) in [6.45, 7) is 3.67. The van der Waals surface area contributed by atoms with E-state index in [2.05, 4.69) is 4.74 Å². The van der Waals surface area contributed by atoms with Crippen LogP contribution in [0.25, 0.3) is 0 Å². The minimum Gasteiger partial charge on any atom is -0.490 e. The first kappa shape index (κ1) is 19.5. The molecule has 0 amide bonds. The zero-order valence-electron chi connectivity index (χ0n) is 13.2. The van der Waals surface area contributed by atoms with Crippen molar-refractivity contribution in [2.75, 3.05) is 25.1 Å². The van der Waals surface area contributed by atoms with Crippen molar-refractivity contribution in [2.24, 2.45) is 0 Å². The van der Waals surface area contributed by atoms with Crippen LogP contribution >= 0.6 is 0 Å². The van der Waals surface area contributed by atoms with Crippen LogP contribution in [0.5, 0.6) is 5.75 Å². The third kappa shape index (κ3) is 3.66. The highest BCUT2D eigenvalue weighted by Gasteiger charge is 2.44. The maximum absolute atomic E-state index is 13.1. The number of rotatable bonds is 7. The van der Waals surface area contributed by atoms with Gasteiger partial charge in [-0.2, -0.15) is 13.2 Å². The maximum Gasteiger partial charge on any atom is 0.420 e. The van der Waals surface area contributed by atoms with Crippen molar-refractivity contribution in [1.29, 1.82) is 0 Å². The monoisotopic (exact) mass is 351 g/mol. The van der Waals surface area contributed by atoms with Crippen LogP contribution in [0.2, 0.25) is 0 Å². The van der Waals surface area contributed by atoms with Gasteiger partial charge in [0.25, 0.3) is 0 Å². The van der Waals surface area contributed by atoms with E-state index < -0.39 is 44.4 Å². The van der Waals surface area contributed by atoms with Crippen molar-refractivity contribution in [3.8, 4) is 5.75 Å². The minimum atomic E-state index is -5.04. The van der Waals surface area contributed by atoms with Gasteiger partial charge in [0.15, 0.2) is 5.69 Å². The summed E-state index contributed by atoms with van der Waals surface area (Å²) in [7, 11) is 0.850. The fraction of sp³-hybridized carbons (Fsp3) is 0.538. The molecular weight excluding hydrogens is 335 g/mol. The highest BCUT2D eigenvalue weighted by Crippen LogP contribution is 2.50. The molecule has 0 bridgehead atoms. The zero-order chi connectivity index (χ0) is 18.7. The molecule has 0 saturated heterocycles. The van der Waals surface area contributed by atoms with Crippen LogP contribution in [-0.2, 0) is 6.18 Å². The summed E-state index contributed by atoms with van der Waals surface area (Å²) >= 11 is 0. The van der Waals surface area contributed by atoms with Gasteiger partial charge in [0, 0.05) is 19.2 Å². The van der Waals surface area contributed by atoms with Gasteiger partial charge >= 0.3 is 17.6 Å². The molecule has 1 aromatic carbocycles. The van der Waals surface area contributed by atoms with Gasteiger partial charge in [0.05, 0.1) is 17.0 Å². The van der Waals surface area contributed by atoms with Gasteiger partial charge in [-0.1, -0.05) is 6.92 Å². The molecule has 11 heteroatoms. The summed E-state index contributed by atoms with van der Waals surface area (Å²) in [5.41, 5.74) is -4.08. The Hall–Kier alpha value is -2.59. The lowest BCUT2D eigenvalue weighted by Crippen LogP contribution is -2.26. The number of nitro benzene ring substituents is 2. The Labute approximate surface area is 135 Å². The predicted molar refractivity (Wildman–Crippen MR) is 79.5 cm³/mol. The molecule has 0 spiro atoms. The second-order valence-electron chi connectivity index (χ2n) is 4.77. The molecule has 0 radical (unpaired) electrons. The van der Waals surface area contributed by atoms with E-state index in [1.54, 1.807) is 13.8 Å². The number of nitro groups is 2. The normalized spacial score (nSPS) is 11.2. The van der Waals surface area contributed by atoms with Crippen LogP contribution < -0.4 is 9.64 Å². The average molecular weight is 351 g/mol. The number of ether oxygens (including phenoxy) is 1. The van der Waals surface area contributed by atoms with E-state index in [1.165, 1.54) is 4.90 Å². The summed E-state index contributed by atoms with van der Waals surface area (Å²) in [5.74, 6) is -1.04. The van der Waals surface area contributed by atoms with Crippen LogP contribution in [-0.4, -0.2) is 30.0 Å². The van der Waals surface area contributed by atoms with Crippen LogP contribution in [0, 0.1) is 20.2 Å². The van der Waals surface area contributed by atoms with Crippen LogP contribution in [0.1, 0.15) is 25.8 Å². The fourth-order valence-electron chi connectivity index (χ4n) is 2.36. The number of hydrogen-bond acceptors (Lipinski definition) is 6. The van der Waals surface area contributed by atoms with Gasteiger partial charge in [0.2, 0.25) is 5.75 Å². The summed E-state index contributed by atoms with van der Waals surface area (Å²) < 4.78 is 44.0. The van der Waals surface area contributed by atoms with E-state index in [4.69, 9.17) is 0 Å². The molecule has 134 valence electrons. The van der Waals surface area contributed by atoms with E-state index >= 15 is 0 Å².